The summed E-state index contributed by atoms with van der Waals surface area (Å²) >= 11 is 1.74. The standard InChI is InChI=1S/C24H31N3O3S/c1-17-2-4-19-20(16-31-23(19)14-17)24(28)25-21-5-3-18(26-6-10-29-11-7-26)15-22(21)27-8-12-30-13-9-27/h3,5,15-17H,2,4,6-14H2,1H3,(H,25,28). The Bertz CT molecular complexity index is 932. The summed E-state index contributed by atoms with van der Waals surface area (Å²) in [6.45, 7) is 8.70. The van der Waals surface area contributed by atoms with Gasteiger partial charge in [-0.05, 0) is 48.9 Å². The Morgan fingerprint density at radius 1 is 1.06 bits per heavy atom. The number of fused-ring (bicyclic) bond motifs is 1. The van der Waals surface area contributed by atoms with Gasteiger partial charge in [0.15, 0.2) is 0 Å². The van der Waals surface area contributed by atoms with Gasteiger partial charge < -0.3 is 24.6 Å². The summed E-state index contributed by atoms with van der Waals surface area (Å²) in [6.07, 6.45) is 3.27. The molecule has 2 aliphatic heterocycles. The minimum Gasteiger partial charge on any atom is -0.378 e. The fourth-order valence-corrected chi connectivity index (χ4v) is 6.01. The molecule has 1 amide bonds. The molecule has 7 heteroatoms. The first-order chi connectivity index (χ1) is 15.2. The molecule has 1 aromatic carbocycles. The van der Waals surface area contributed by atoms with Gasteiger partial charge in [-0.3, -0.25) is 4.79 Å². The molecule has 0 radical (unpaired) electrons. The molecule has 166 valence electrons. The summed E-state index contributed by atoms with van der Waals surface area (Å²) in [6, 6.07) is 6.40. The molecule has 0 spiro atoms. The maximum absolute atomic E-state index is 13.3. The van der Waals surface area contributed by atoms with Crippen LogP contribution in [0.3, 0.4) is 0 Å². The number of morpholine rings is 2. The van der Waals surface area contributed by atoms with Crippen LogP contribution in [0.5, 0.6) is 0 Å². The third-order valence-electron chi connectivity index (χ3n) is 6.60. The quantitative estimate of drug-likeness (QED) is 0.782. The first-order valence-corrected chi connectivity index (χ1v) is 12.3. The van der Waals surface area contributed by atoms with Crippen molar-refractivity contribution in [2.75, 3.05) is 67.7 Å². The van der Waals surface area contributed by atoms with Crippen LogP contribution in [0, 0.1) is 5.92 Å². The topological polar surface area (TPSA) is 54.0 Å². The van der Waals surface area contributed by atoms with E-state index in [2.05, 4.69) is 45.6 Å². The van der Waals surface area contributed by atoms with Crippen LogP contribution in [0.1, 0.15) is 34.1 Å². The lowest BCUT2D eigenvalue weighted by molar-refractivity contribution is 0.102. The molecule has 5 rings (SSSR count). The van der Waals surface area contributed by atoms with Crippen LogP contribution in [-0.2, 0) is 22.3 Å². The molecule has 6 nitrogen and oxygen atoms in total. The van der Waals surface area contributed by atoms with Gasteiger partial charge in [0.2, 0.25) is 0 Å². The van der Waals surface area contributed by atoms with Crippen molar-refractivity contribution in [1.29, 1.82) is 0 Å². The number of ether oxygens (including phenoxy) is 2. The largest absolute Gasteiger partial charge is 0.378 e. The molecule has 1 unspecified atom stereocenters. The van der Waals surface area contributed by atoms with E-state index in [1.165, 1.54) is 16.1 Å². The minimum absolute atomic E-state index is 0.0145. The molecule has 2 aromatic rings. The van der Waals surface area contributed by atoms with Crippen LogP contribution in [0.25, 0.3) is 0 Å². The Kier molecular flexibility index (Phi) is 6.16. The number of anilines is 3. The van der Waals surface area contributed by atoms with Crippen LogP contribution in [0.4, 0.5) is 17.1 Å². The number of carbonyl (C=O) groups is 1. The number of amides is 1. The fraction of sp³-hybridized carbons (Fsp3) is 0.542. The lowest BCUT2D eigenvalue weighted by Gasteiger charge is -2.33. The third kappa shape index (κ3) is 4.45. The lowest BCUT2D eigenvalue weighted by Crippen LogP contribution is -2.38. The van der Waals surface area contributed by atoms with Crippen molar-refractivity contribution in [1.82, 2.24) is 0 Å². The van der Waals surface area contributed by atoms with E-state index in [1.54, 1.807) is 11.3 Å². The summed E-state index contributed by atoms with van der Waals surface area (Å²) in [5.41, 5.74) is 5.27. The molecule has 1 N–H and O–H groups in total. The number of rotatable bonds is 4. The molecular formula is C24H31N3O3S. The highest BCUT2D eigenvalue weighted by atomic mass is 32.1. The molecule has 3 aliphatic rings. The monoisotopic (exact) mass is 441 g/mol. The molecule has 2 fully saturated rings. The van der Waals surface area contributed by atoms with Crippen LogP contribution in [-0.4, -0.2) is 58.5 Å². The van der Waals surface area contributed by atoms with Crippen molar-refractivity contribution >= 4 is 34.3 Å². The van der Waals surface area contributed by atoms with E-state index in [0.717, 1.165) is 75.6 Å². The Labute approximate surface area is 188 Å². The Morgan fingerprint density at radius 3 is 2.52 bits per heavy atom. The predicted octanol–water partition coefficient (Wildman–Crippen LogP) is 3.80. The van der Waals surface area contributed by atoms with Gasteiger partial charge in [-0.1, -0.05) is 6.92 Å². The molecule has 1 aliphatic carbocycles. The molecule has 31 heavy (non-hydrogen) atoms. The van der Waals surface area contributed by atoms with Gasteiger partial charge in [0.25, 0.3) is 5.91 Å². The lowest BCUT2D eigenvalue weighted by atomic mass is 9.88. The second-order valence-electron chi connectivity index (χ2n) is 8.75. The summed E-state index contributed by atoms with van der Waals surface area (Å²) in [7, 11) is 0. The predicted molar refractivity (Wildman–Crippen MR) is 126 cm³/mol. The Hall–Kier alpha value is -2.09. The maximum atomic E-state index is 13.3. The first kappa shape index (κ1) is 20.8. The van der Waals surface area contributed by atoms with E-state index in [4.69, 9.17) is 9.47 Å². The van der Waals surface area contributed by atoms with Gasteiger partial charge in [0.05, 0.1) is 43.4 Å². The zero-order valence-electron chi connectivity index (χ0n) is 18.2. The average Bonchev–Trinajstić information content (AvgIpc) is 3.23. The summed E-state index contributed by atoms with van der Waals surface area (Å²) in [4.78, 5) is 19.3. The molecule has 1 atom stereocenters. The maximum Gasteiger partial charge on any atom is 0.256 e. The number of nitrogens with one attached hydrogen (secondary N) is 1. The van der Waals surface area contributed by atoms with E-state index < -0.39 is 0 Å². The summed E-state index contributed by atoms with van der Waals surface area (Å²) in [5, 5.41) is 5.29. The number of benzene rings is 1. The van der Waals surface area contributed by atoms with Gasteiger partial charge in [-0.2, -0.15) is 0 Å². The van der Waals surface area contributed by atoms with Gasteiger partial charge in [0, 0.05) is 42.1 Å². The van der Waals surface area contributed by atoms with Crippen molar-refractivity contribution in [3.05, 3.63) is 39.6 Å². The van der Waals surface area contributed by atoms with Crippen molar-refractivity contribution < 1.29 is 14.3 Å². The highest BCUT2D eigenvalue weighted by Crippen LogP contribution is 2.35. The molecule has 3 heterocycles. The van der Waals surface area contributed by atoms with E-state index >= 15 is 0 Å². The number of hydrogen-bond acceptors (Lipinski definition) is 6. The third-order valence-corrected chi connectivity index (χ3v) is 7.66. The number of hydrogen-bond donors (Lipinski definition) is 1. The van der Waals surface area contributed by atoms with Gasteiger partial charge in [-0.25, -0.2) is 0 Å². The second-order valence-corrected chi connectivity index (χ2v) is 9.72. The van der Waals surface area contributed by atoms with Crippen molar-refractivity contribution in [2.45, 2.75) is 26.2 Å². The molecule has 0 saturated carbocycles. The van der Waals surface area contributed by atoms with Gasteiger partial charge in [-0.15, -0.1) is 11.3 Å². The van der Waals surface area contributed by atoms with Gasteiger partial charge in [0.1, 0.15) is 0 Å². The number of nitrogens with zero attached hydrogens (tertiary/aromatic N) is 2. The van der Waals surface area contributed by atoms with E-state index in [1.807, 2.05) is 0 Å². The zero-order valence-corrected chi connectivity index (χ0v) is 19.0. The van der Waals surface area contributed by atoms with Crippen molar-refractivity contribution in [3.8, 4) is 0 Å². The average molecular weight is 442 g/mol. The van der Waals surface area contributed by atoms with E-state index in [9.17, 15) is 4.79 Å². The van der Waals surface area contributed by atoms with Crippen LogP contribution in [0.2, 0.25) is 0 Å². The number of thiophene rings is 1. The first-order valence-electron chi connectivity index (χ1n) is 11.4. The fourth-order valence-electron chi connectivity index (χ4n) is 4.77. The highest BCUT2D eigenvalue weighted by molar-refractivity contribution is 7.10. The van der Waals surface area contributed by atoms with E-state index in [-0.39, 0.29) is 5.91 Å². The SMILES string of the molecule is CC1CCc2c(C(=O)Nc3ccc(N4CCOCC4)cc3N3CCOCC3)csc2C1. The molecule has 0 bridgehead atoms. The Morgan fingerprint density at radius 2 is 1.77 bits per heavy atom. The van der Waals surface area contributed by atoms with Crippen LogP contribution < -0.4 is 15.1 Å². The second kappa shape index (κ2) is 9.18. The van der Waals surface area contributed by atoms with Crippen LogP contribution >= 0.6 is 11.3 Å². The number of carbonyl (C=O) groups excluding carboxylic acids is 1. The van der Waals surface area contributed by atoms with Gasteiger partial charge >= 0.3 is 0 Å². The summed E-state index contributed by atoms with van der Waals surface area (Å²) in [5.74, 6) is 0.725. The normalized spacial score (nSPS) is 21.6. The smallest absolute Gasteiger partial charge is 0.256 e. The molecular weight excluding hydrogens is 410 g/mol. The van der Waals surface area contributed by atoms with Crippen LogP contribution in [0.15, 0.2) is 23.6 Å². The minimum atomic E-state index is 0.0145. The van der Waals surface area contributed by atoms with Crippen molar-refractivity contribution in [3.63, 3.8) is 0 Å². The van der Waals surface area contributed by atoms with Crippen molar-refractivity contribution in [2.24, 2.45) is 5.92 Å². The molecule has 1 aromatic heterocycles. The highest BCUT2D eigenvalue weighted by Gasteiger charge is 2.25. The molecule has 2 saturated heterocycles. The summed E-state index contributed by atoms with van der Waals surface area (Å²) < 4.78 is 11.1. The van der Waals surface area contributed by atoms with E-state index in [0.29, 0.717) is 19.1 Å². The zero-order chi connectivity index (χ0) is 21.2. The Balaban J connectivity index is 1.41.